The van der Waals surface area contributed by atoms with Gasteiger partial charge in [-0.25, -0.2) is 4.39 Å². The Bertz CT molecular complexity index is 538. The predicted molar refractivity (Wildman–Crippen MR) is 74.0 cm³/mol. The molecule has 0 amide bonds. The van der Waals surface area contributed by atoms with Gasteiger partial charge in [0.05, 0.1) is 4.47 Å². The van der Waals surface area contributed by atoms with Crippen molar-refractivity contribution in [3.63, 3.8) is 0 Å². The smallest absolute Gasteiger partial charge is 0.138 e. The Kier molecular flexibility index (Phi) is 4.19. The zero-order valence-electron chi connectivity index (χ0n) is 10.3. The average Bonchev–Trinajstić information content (AvgIpc) is 2.81. The predicted octanol–water partition coefficient (Wildman–Crippen LogP) is 4.00. The molecule has 0 radical (unpaired) electrons. The van der Waals surface area contributed by atoms with Gasteiger partial charge in [-0.05, 0) is 60.2 Å². The minimum atomic E-state index is -0.283. The third kappa shape index (κ3) is 3.00. The van der Waals surface area contributed by atoms with E-state index < -0.39 is 0 Å². The Morgan fingerprint density at radius 2 is 2.11 bits per heavy atom. The van der Waals surface area contributed by atoms with Gasteiger partial charge in [-0.2, -0.15) is 0 Å². The summed E-state index contributed by atoms with van der Waals surface area (Å²) in [6, 6.07) is 9.14. The molecule has 1 N–H and O–H groups in total. The SMILES string of the molecule is CNC(C)Cc1ccc(-c2ccc(Br)c(F)c2)o1. The summed E-state index contributed by atoms with van der Waals surface area (Å²) in [5, 5.41) is 3.15. The van der Waals surface area contributed by atoms with Gasteiger partial charge < -0.3 is 9.73 Å². The minimum Gasteiger partial charge on any atom is -0.461 e. The van der Waals surface area contributed by atoms with Gasteiger partial charge in [0, 0.05) is 18.0 Å². The summed E-state index contributed by atoms with van der Waals surface area (Å²) in [4.78, 5) is 0. The maximum Gasteiger partial charge on any atom is 0.138 e. The second-order valence-corrected chi connectivity index (χ2v) is 5.14. The zero-order valence-corrected chi connectivity index (χ0v) is 11.9. The van der Waals surface area contributed by atoms with Crippen LogP contribution >= 0.6 is 15.9 Å². The summed E-state index contributed by atoms with van der Waals surface area (Å²) >= 11 is 3.14. The minimum absolute atomic E-state index is 0.283. The highest BCUT2D eigenvalue weighted by molar-refractivity contribution is 9.10. The van der Waals surface area contributed by atoms with Crippen molar-refractivity contribution in [2.75, 3.05) is 7.05 Å². The fourth-order valence-electron chi connectivity index (χ4n) is 1.70. The summed E-state index contributed by atoms with van der Waals surface area (Å²) in [6.07, 6.45) is 0.815. The Morgan fingerprint density at radius 3 is 2.78 bits per heavy atom. The van der Waals surface area contributed by atoms with Crippen LogP contribution in [0.4, 0.5) is 4.39 Å². The first kappa shape index (κ1) is 13.3. The van der Waals surface area contributed by atoms with Crippen LogP contribution in [0.2, 0.25) is 0 Å². The lowest BCUT2D eigenvalue weighted by molar-refractivity contribution is 0.481. The van der Waals surface area contributed by atoms with E-state index in [9.17, 15) is 4.39 Å². The number of furan rings is 1. The van der Waals surface area contributed by atoms with Gasteiger partial charge in [0.2, 0.25) is 0 Å². The molecule has 4 heteroatoms. The van der Waals surface area contributed by atoms with Crippen LogP contribution in [0.15, 0.2) is 39.2 Å². The molecule has 96 valence electrons. The van der Waals surface area contributed by atoms with Crippen molar-refractivity contribution in [2.24, 2.45) is 0 Å². The number of benzene rings is 1. The fraction of sp³-hybridized carbons (Fsp3) is 0.286. The van der Waals surface area contributed by atoms with E-state index in [1.54, 1.807) is 6.07 Å². The highest BCUT2D eigenvalue weighted by Gasteiger charge is 2.09. The summed E-state index contributed by atoms with van der Waals surface area (Å²) in [6.45, 7) is 2.08. The van der Waals surface area contributed by atoms with Gasteiger partial charge >= 0.3 is 0 Å². The number of likely N-dealkylation sites (N-methyl/N-ethyl adjacent to an activating group) is 1. The normalized spacial score (nSPS) is 12.7. The second kappa shape index (κ2) is 5.67. The first-order chi connectivity index (χ1) is 8.60. The van der Waals surface area contributed by atoms with E-state index in [-0.39, 0.29) is 5.82 Å². The third-order valence-electron chi connectivity index (χ3n) is 2.87. The second-order valence-electron chi connectivity index (χ2n) is 4.29. The molecule has 2 rings (SSSR count). The van der Waals surface area contributed by atoms with Gasteiger partial charge in [-0.3, -0.25) is 0 Å². The Morgan fingerprint density at radius 1 is 1.33 bits per heavy atom. The van der Waals surface area contributed by atoms with E-state index >= 15 is 0 Å². The highest BCUT2D eigenvalue weighted by Crippen LogP contribution is 2.26. The Hall–Kier alpha value is -1.13. The topological polar surface area (TPSA) is 25.2 Å². The number of hydrogen-bond donors (Lipinski definition) is 1. The van der Waals surface area contributed by atoms with Gasteiger partial charge in [-0.15, -0.1) is 0 Å². The van der Waals surface area contributed by atoms with E-state index in [1.807, 2.05) is 25.2 Å². The zero-order chi connectivity index (χ0) is 13.1. The lowest BCUT2D eigenvalue weighted by Crippen LogP contribution is -2.23. The van der Waals surface area contributed by atoms with E-state index in [4.69, 9.17) is 4.42 Å². The molecule has 2 nitrogen and oxygen atoms in total. The lowest BCUT2D eigenvalue weighted by atomic mass is 10.2. The van der Waals surface area contributed by atoms with Crippen LogP contribution < -0.4 is 5.32 Å². The van der Waals surface area contributed by atoms with Crippen LogP contribution in [0.3, 0.4) is 0 Å². The largest absolute Gasteiger partial charge is 0.461 e. The van der Waals surface area contributed by atoms with Gasteiger partial charge in [-0.1, -0.05) is 0 Å². The van der Waals surface area contributed by atoms with Gasteiger partial charge in [0.25, 0.3) is 0 Å². The van der Waals surface area contributed by atoms with Crippen LogP contribution in [-0.4, -0.2) is 13.1 Å². The maximum absolute atomic E-state index is 13.4. The first-order valence-electron chi connectivity index (χ1n) is 5.81. The molecular weight excluding hydrogens is 297 g/mol. The molecular formula is C14H15BrFNO. The van der Waals surface area contributed by atoms with Crippen molar-refractivity contribution >= 4 is 15.9 Å². The molecule has 0 aliphatic carbocycles. The molecule has 1 heterocycles. The fourth-order valence-corrected chi connectivity index (χ4v) is 1.94. The molecule has 0 saturated heterocycles. The van der Waals surface area contributed by atoms with Crippen molar-refractivity contribution in [3.05, 3.63) is 46.4 Å². The van der Waals surface area contributed by atoms with E-state index in [0.29, 0.717) is 16.3 Å². The molecule has 1 unspecified atom stereocenters. The summed E-state index contributed by atoms with van der Waals surface area (Å²) < 4.78 is 19.6. The van der Waals surface area contributed by atoms with Crippen LogP contribution in [0.5, 0.6) is 0 Å². The molecule has 1 aromatic heterocycles. The van der Waals surface area contributed by atoms with Crippen LogP contribution in [0, 0.1) is 5.82 Å². The Labute approximate surface area is 114 Å². The molecule has 0 aliphatic rings. The van der Waals surface area contributed by atoms with Gasteiger partial charge in [0.1, 0.15) is 17.3 Å². The highest BCUT2D eigenvalue weighted by atomic mass is 79.9. The molecule has 18 heavy (non-hydrogen) atoms. The van der Waals surface area contributed by atoms with E-state index in [2.05, 4.69) is 28.2 Å². The first-order valence-corrected chi connectivity index (χ1v) is 6.61. The van der Waals surface area contributed by atoms with Crippen molar-refractivity contribution in [1.82, 2.24) is 5.32 Å². The van der Waals surface area contributed by atoms with Crippen LogP contribution in [-0.2, 0) is 6.42 Å². The van der Waals surface area contributed by atoms with Crippen LogP contribution in [0.1, 0.15) is 12.7 Å². The molecule has 1 atom stereocenters. The summed E-state index contributed by atoms with van der Waals surface area (Å²) in [5.74, 6) is 1.31. The number of rotatable bonds is 4. The van der Waals surface area contributed by atoms with Crippen molar-refractivity contribution in [3.8, 4) is 11.3 Å². The Balaban J connectivity index is 2.21. The number of nitrogens with one attached hydrogen (secondary N) is 1. The van der Waals surface area contributed by atoms with E-state index in [1.165, 1.54) is 6.07 Å². The van der Waals surface area contributed by atoms with Crippen molar-refractivity contribution < 1.29 is 8.81 Å². The standard InChI is InChI=1S/C14H15BrFNO/c1-9(17-2)7-11-4-6-14(18-11)10-3-5-12(15)13(16)8-10/h3-6,8-9,17H,7H2,1-2H3. The van der Waals surface area contributed by atoms with Crippen molar-refractivity contribution in [2.45, 2.75) is 19.4 Å². The number of halogens is 2. The maximum atomic E-state index is 13.4. The summed E-state index contributed by atoms with van der Waals surface area (Å²) in [7, 11) is 1.92. The molecule has 0 bridgehead atoms. The third-order valence-corrected chi connectivity index (χ3v) is 3.51. The van der Waals surface area contributed by atoms with E-state index in [0.717, 1.165) is 17.7 Å². The van der Waals surface area contributed by atoms with Gasteiger partial charge in [0.15, 0.2) is 0 Å². The monoisotopic (exact) mass is 311 g/mol. The summed E-state index contributed by atoms with van der Waals surface area (Å²) in [5.41, 5.74) is 0.749. The molecule has 0 spiro atoms. The average molecular weight is 312 g/mol. The molecule has 0 saturated carbocycles. The lowest BCUT2D eigenvalue weighted by Gasteiger charge is -2.06. The van der Waals surface area contributed by atoms with Crippen molar-refractivity contribution in [1.29, 1.82) is 0 Å². The quantitative estimate of drug-likeness (QED) is 0.923. The number of hydrogen-bond acceptors (Lipinski definition) is 2. The van der Waals surface area contributed by atoms with Crippen LogP contribution in [0.25, 0.3) is 11.3 Å². The molecule has 1 aromatic carbocycles. The molecule has 0 fully saturated rings. The molecule has 0 aliphatic heterocycles. The molecule has 2 aromatic rings.